The molecule has 1 saturated heterocycles. The molecule has 1 unspecified atom stereocenters. The zero-order valence-electron chi connectivity index (χ0n) is 13.9. The van der Waals surface area contributed by atoms with Crippen molar-refractivity contribution in [1.29, 1.82) is 0 Å². The average molecular weight is 343 g/mol. The molecule has 0 aliphatic carbocycles. The van der Waals surface area contributed by atoms with Crippen LogP contribution < -0.4 is 5.32 Å². The van der Waals surface area contributed by atoms with E-state index in [1.807, 2.05) is 30.3 Å². The zero-order chi connectivity index (χ0) is 17.6. The van der Waals surface area contributed by atoms with Crippen LogP contribution in [0.3, 0.4) is 0 Å². The number of aliphatic carboxylic acids is 1. The van der Waals surface area contributed by atoms with Crippen molar-refractivity contribution in [2.75, 3.05) is 13.1 Å². The highest BCUT2D eigenvalue weighted by Crippen LogP contribution is 2.21. The molecule has 1 aliphatic rings. The second kappa shape index (κ2) is 7.83. The van der Waals surface area contributed by atoms with Crippen molar-refractivity contribution < 1.29 is 19.1 Å². The van der Waals surface area contributed by atoms with Gasteiger partial charge in [0, 0.05) is 25.1 Å². The summed E-state index contributed by atoms with van der Waals surface area (Å²) in [5.74, 6) is 0.291. The van der Waals surface area contributed by atoms with Gasteiger partial charge >= 0.3 is 12.0 Å². The maximum atomic E-state index is 12.3. The largest absolute Gasteiger partial charge is 0.481 e. The molecule has 0 saturated carbocycles. The first-order valence-electron chi connectivity index (χ1n) is 8.36. The Kier molecular flexibility index (Phi) is 5.33. The molecule has 132 valence electrons. The minimum atomic E-state index is -0.819. The van der Waals surface area contributed by atoms with Gasteiger partial charge in [-0.05, 0) is 18.8 Å². The fourth-order valence-corrected chi connectivity index (χ4v) is 3.05. The molecule has 0 radical (unpaired) electrons. The lowest BCUT2D eigenvalue weighted by Gasteiger charge is -2.31. The fourth-order valence-electron chi connectivity index (χ4n) is 3.05. The predicted octanol–water partition coefficient (Wildman–Crippen LogP) is 2.74. The van der Waals surface area contributed by atoms with Crippen LogP contribution in [0, 0.1) is 5.92 Å². The van der Waals surface area contributed by atoms with Crippen molar-refractivity contribution in [2.45, 2.75) is 25.8 Å². The van der Waals surface area contributed by atoms with Gasteiger partial charge in [0.25, 0.3) is 0 Å². The number of carboxylic acid groups (broad SMARTS) is 1. The van der Waals surface area contributed by atoms with Gasteiger partial charge in [0.05, 0.1) is 12.7 Å². The van der Waals surface area contributed by atoms with Crippen LogP contribution in [-0.4, -0.2) is 40.1 Å². The molecule has 1 aliphatic heterocycles. The maximum absolute atomic E-state index is 12.3. The molecule has 7 heteroatoms. The summed E-state index contributed by atoms with van der Waals surface area (Å²) in [5, 5.41) is 11.7. The topological polar surface area (TPSA) is 95.7 Å². The molecule has 25 heavy (non-hydrogen) atoms. The van der Waals surface area contributed by atoms with Gasteiger partial charge in [-0.2, -0.15) is 0 Å². The SMILES string of the molecule is O=C(O)CC1CCCN(C(=O)NCc2ncc(-c3ccccc3)o2)C1. The third-order valence-corrected chi connectivity index (χ3v) is 4.27. The molecule has 1 fully saturated rings. The highest BCUT2D eigenvalue weighted by atomic mass is 16.4. The van der Waals surface area contributed by atoms with Crippen molar-refractivity contribution in [3.05, 3.63) is 42.4 Å². The first-order valence-corrected chi connectivity index (χ1v) is 8.36. The summed E-state index contributed by atoms with van der Waals surface area (Å²) in [7, 11) is 0. The van der Waals surface area contributed by atoms with Crippen molar-refractivity contribution >= 4 is 12.0 Å². The minimum Gasteiger partial charge on any atom is -0.481 e. The number of piperidine rings is 1. The molecule has 3 rings (SSSR count). The molecular formula is C18H21N3O4. The van der Waals surface area contributed by atoms with Crippen LogP contribution in [0.4, 0.5) is 4.79 Å². The van der Waals surface area contributed by atoms with E-state index in [0.29, 0.717) is 24.7 Å². The Balaban J connectivity index is 1.52. The summed E-state index contributed by atoms with van der Waals surface area (Å²) in [4.78, 5) is 29.0. The molecule has 0 spiro atoms. The number of aromatic nitrogens is 1. The maximum Gasteiger partial charge on any atom is 0.317 e. The molecule has 2 heterocycles. The number of hydrogen-bond donors (Lipinski definition) is 2. The quantitative estimate of drug-likeness (QED) is 0.870. The standard InChI is InChI=1S/C18H21N3O4/c22-17(23)9-13-5-4-8-21(12-13)18(24)20-11-16-19-10-15(25-16)14-6-2-1-3-7-14/h1-3,6-7,10,13H,4-5,8-9,11-12H2,(H,20,24)(H,22,23). The number of carbonyl (C=O) groups excluding carboxylic acids is 1. The molecule has 7 nitrogen and oxygen atoms in total. The van der Waals surface area contributed by atoms with Crippen LogP contribution in [0.1, 0.15) is 25.2 Å². The molecule has 1 aromatic carbocycles. The molecule has 2 aromatic rings. The van der Waals surface area contributed by atoms with E-state index in [1.54, 1.807) is 11.1 Å². The first kappa shape index (κ1) is 17.0. The van der Waals surface area contributed by atoms with Gasteiger partial charge < -0.3 is 19.7 Å². The van der Waals surface area contributed by atoms with E-state index < -0.39 is 5.97 Å². The fraction of sp³-hybridized carbons (Fsp3) is 0.389. The Morgan fingerprint density at radius 2 is 2.12 bits per heavy atom. The van der Waals surface area contributed by atoms with E-state index in [-0.39, 0.29) is 24.9 Å². The lowest BCUT2D eigenvalue weighted by Crippen LogP contribution is -2.45. The second-order valence-corrected chi connectivity index (χ2v) is 6.20. The number of carboxylic acids is 1. The lowest BCUT2D eigenvalue weighted by molar-refractivity contribution is -0.138. The van der Waals surface area contributed by atoms with Gasteiger partial charge in [0.2, 0.25) is 5.89 Å². The molecule has 2 N–H and O–H groups in total. The van der Waals surface area contributed by atoms with E-state index in [1.165, 1.54) is 0 Å². The third-order valence-electron chi connectivity index (χ3n) is 4.27. The van der Waals surface area contributed by atoms with Gasteiger partial charge in [-0.1, -0.05) is 30.3 Å². The molecule has 1 aromatic heterocycles. The number of urea groups is 1. The number of carbonyl (C=O) groups is 2. The summed E-state index contributed by atoms with van der Waals surface area (Å²) in [6.07, 6.45) is 3.41. The Morgan fingerprint density at radius 3 is 2.88 bits per heavy atom. The van der Waals surface area contributed by atoms with Gasteiger partial charge in [-0.15, -0.1) is 0 Å². The number of amides is 2. The van der Waals surface area contributed by atoms with Crippen molar-refractivity contribution in [1.82, 2.24) is 15.2 Å². The van der Waals surface area contributed by atoms with Crippen LogP contribution in [0.15, 0.2) is 40.9 Å². The Labute approximate surface area is 145 Å². The Bertz CT molecular complexity index is 729. The monoisotopic (exact) mass is 343 g/mol. The predicted molar refractivity (Wildman–Crippen MR) is 90.7 cm³/mol. The number of benzene rings is 1. The van der Waals surface area contributed by atoms with Crippen LogP contribution in [0.2, 0.25) is 0 Å². The van der Waals surface area contributed by atoms with Gasteiger partial charge in [0.1, 0.15) is 0 Å². The van der Waals surface area contributed by atoms with E-state index >= 15 is 0 Å². The van der Waals surface area contributed by atoms with Crippen LogP contribution in [-0.2, 0) is 11.3 Å². The number of likely N-dealkylation sites (tertiary alicyclic amines) is 1. The van der Waals surface area contributed by atoms with Gasteiger partial charge in [-0.25, -0.2) is 9.78 Å². The van der Waals surface area contributed by atoms with Crippen molar-refractivity contribution in [3.8, 4) is 11.3 Å². The smallest absolute Gasteiger partial charge is 0.317 e. The van der Waals surface area contributed by atoms with Crippen LogP contribution in [0.25, 0.3) is 11.3 Å². The minimum absolute atomic E-state index is 0.0171. The first-order chi connectivity index (χ1) is 12.1. The summed E-state index contributed by atoms with van der Waals surface area (Å²) in [6.45, 7) is 1.31. The van der Waals surface area contributed by atoms with E-state index in [0.717, 1.165) is 18.4 Å². The number of rotatable bonds is 5. The Hall–Kier alpha value is -2.83. The molecule has 0 bridgehead atoms. The van der Waals surface area contributed by atoms with Crippen LogP contribution in [0.5, 0.6) is 0 Å². The number of oxazole rings is 1. The third kappa shape index (κ3) is 4.59. The lowest BCUT2D eigenvalue weighted by atomic mass is 9.95. The molecule has 1 atom stereocenters. The molecule has 2 amide bonds. The van der Waals surface area contributed by atoms with Crippen molar-refractivity contribution in [2.24, 2.45) is 5.92 Å². The second-order valence-electron chi connectivity index (χ2n) is 6.20. The van der Waals surface area contributed by atoms with Gasteiger partial charge in [-0.3, -0.25) is 4.79 Å². The summed E-state index contributed by atoms with van der Waals surface area (Å²) in [5.41, 5.74) is 0.931. The highest BCUT2D eigenvalue weighted by Gasteiger charge is 2.25. The number of nitrogens with zero attached hydrogens (tertiary/aromatic N) is 2. The number of nitrogens with one attached hydrogen (secondary N) is 1. The van der Waals surface area contributed by atoms with Gasteiger partial charge in [0.15, 0.2) is 5.76 Å². The summed E-state index contributed by atoms with van der Waals surface area (Å²) in [6, 6.07) is 9.41. The Morgan fingerprint density at radius 1 is 1.32 bits per heavy atom. The highest BCUT2D eigenvalue weighted by molar-refractivity contribution is 5.74. The van der Waals surface area contributed by atoms with E-state index in [4.69, 9.17) is 9.52 Å². The van der Waals surface area contributed by atoms with E-state index in [2.05, 4.69) is 10.3 Å². The normalized spacial score (nSPS) is 17.3. The van der Waals surface area contributed by atoms with Crippen molar-refractivity contribution in [3.63, 3.8) is 0 Å². The summed E-state index contributed by atoms with van der Waals surface area (Å²) >= 11 is 0. The zero-order valence-corrected chi connectivity index (χ0v) is 13.9. The summed E-state index contributed by atoms with van der Waals surface area (Å²) < 4.78 is 5.66. The van der Waals surface area contributed by atoms with Crippen LogP contribution >= 0.6 is 0 Å². The van der Waals surface area contributed by atoms with E-state index in [9.17, 15) is 9.59 Å². The average Bonchev–Trinajstić information content (AvgIpc) is 3.09. The molecular weight excluding hydrogens is 322 g/mol. The number of hydrogen-bond acceptors (Lipinski definition) is 4.